The molecule has 0 saturated heterocycles. The third-order valence-corrected chi connectivity index (χ3v) is 5.07. The third-order valence-electron chi connectivity index (χ3n) is 3.90. The number of hydrogen-bond acceptors (Lipinski definition) is 7. The van der Waals surface area contributed by atoms with Gasteiger partial charge in [-0.25, -0.2) is 4.98 Å². The van der Waals surface area contributed by atoms with Gasteiger partial charge in [-0.05, 0) is 19.1 Å². The maximum Gasteiger partial charge on any atom is 0.279 e. The molecule has 0 fully saturated rings. The van der Waals surface area contributed by atoms with Gasteiger partial charge in [0.1, 0.15) is 0 Å². The first kappa shape index (κ1) is 17.8. The zero-order valence-corrected chi connectivity index (χ0v) is 15.6. The zero-order valence-electron chi connectivity index (χ0n) is 14.8. The van der Waals surface area contributed by atoms with Crippen LogP contribution in [0.5, 0.6) is 0 Å². The number of aromatic nitrogens is 4. The van der Waals surface area contributed by atoms with Gasteiger partial charge < -0.3 is 9.73 Å². The van der Waals surface area contributed by atoms with Gasteiger partial charge in [-0.15, -0.1) is 16.4 Å². The van der Waals surface area contributed by atoms with E-state index in [1.165, 1.54) is 35.6 Å². The third kappa shape index (κ3) is 3.74. The van der Waals surface area contributed by atoms with Crippen LogP contribution >= 0.6 is 11.3 Å². The Hall–Kier alpha value is -3.59. The number of benzene rings is 1. The van der Waals surface area contributed by atoms with Crippen molar-refractivity contribution in [3.8, 4) is 11.3 Å². The van der Waals surface area contributed by atoms with Crippen LogP contribution in [-0.2, 0) is 6.54 Å². The molecule has 1 N–H and O–H groups in total. The summed E-state index contributed by atoms with van der Waals surface area (Å²) in [7, 11) is 0. The molecule has 4 aromatic rings. The lowest BCUT2D eigenvalue weighted by atomic mass is 10.1. The van der Waals surface area contributed by atoms with Gasteiger partial charge in [-0.3, -0.25) is 9.59 Å². The Morgan fingerprint density at radius 3 is 2.75 bits per heavy atom. The maximum absolute atomic E-state index is 12.6. The molecule has 0 bridgehead atoms. The maximum atomic E-state index is 12.6. The highest BCUT2D eigenvalue weighted by atomic mass is 32.1. The second kappa shape index (κ2) is 7.57. The van der Waals surface area contributed by atoms with Crippen LogP contribution < -0.4 is 5.32 Å². The van der Waals surface area contributed by atoms with Crippen molar-refractivity contribution in [2.75, 3.05) is 5.32 Å². The first-order valence-electron chi connectivity index (χ1n) is 8.40. The number of rotatable bonds is 6. The molecule has 4 rings (SSSR count). The summed E-state index contributed by atoms with van der Waals surface area (Å²) in [6, 6.07) is 12.9. The summed E-state index contributed by atoms with van der Waals surface area (Å²) >= 11 is 1.40. The van der Waals surface area contributed by atoms with Crippen molar-refractivity contribution in [1.82, 2.24) is 20.0 Å². The molecule has 0 radical (unpaired) electrons. The number of hydrogen-bond donors (Lipinski definition) is 1. The van der Waals surface area contributed by atoms with Gasteiger partial charge in [0.15, 0.2) is 29.4 Å². The lowest BCUT2D eigenvalue weighted by Gasteiger charge is -2.01. The number of nitrogens with zero attached hydrogens (tertiary/aromatic N) is 4. The molecule has 0 unspecified atom stereocenters. The van der Waals surface area contributed by atoms with Gasteiger partial charge in [-0.1, -0.05) is 30.3 Å². The van der Waals surface area contributed by atoms with Crippen molar-refractivity contribution in [1.29, 1.82) is 0 Å². The summed E-state index contributed by atoms with van der Waals surface area (Å²) in [5.74, 6) is 0.283. The largest absolute Gasteiger partial charge is 0.443 e. The molecule has 8 nitrogen and oxygen atoms in total. The summed E-state index contributed by atoms with van der Waals surface area (Å²) in [6.07, 6.45) is 2.69. The van der Waals surface area contributed by atoms with Gasteiger partial charge in [0.25, 0.3) is 5.91 Å². The lowest BCUT2D eigenvalue weighted by Crippen LogP contribution is -2.14. The molecule has 1 amide bonds. The second-order valence-corrected chi connectivity index (χ2v) is 7.10. The fourth-order valence-corrected chi connectivity index (χ4v) is 3.48. The Labute approximate surface area is 163 Å². The first-order valence-corrected chi connectivity index (χ1v) is 9.22. The number of nitrogens with one attached hydrogen (secondary N) is 1. The average molecular weight is 393 g/mol. The Morgan fingerprint density at radius 2 is 2.00 bits per heavy atom. The number of anilines is 1. The fraction of sp³-hybridized carbons (Fsp3) is 0.105. The molecule has 0 aliphatic carbocycles. The minimum atomic E-state index is -0.436. The van der Waals surface area contributed by atoms with Crippen LogP contribution in [0.1, 0.15) is 32.0 Å². The smallest absolute Gasteiger partial charge is 0.279 e. The molecule has 1 aromatic carbocycles. The van der Waals surface area contributed by atoms with Crippen molar-refractivity contribution in [2.45, 2.75) is 13.5 Å². The van der Waals surface area contributed by atoms with Crippen molar-refractivity contribution >= 4 is 28.8 Å². The van der Waals surface area contributed by atoms with Crippen molar-refractivity contribution in [2.24, 2.45) is 0 Å². The van der Waals surface area contributed by atoms with Crippen LogP contribution in [0.3, 0.4) is 0 Å². The number of oxazole rings is 1. The zero-order chi connectivity index (χ0) is 19.5. The number of ketones is 1. The van der Waals surface area contributed by atoms with Crippen LogP contribution in [0.2, 0.25) is 0 Å². The summed E-state index contributed by atoms with van der Waals surface area (Å²) in [6.45, 7) is 1.94. The van der Waals surface area contributed by atoms with Crippen LogP contribution in [0.4, 0.5) is 5.82 Å². The number of thiophene rings is 1. The highest BCUT2D eigenvalue weighted by Gasteiger charge is 2.19. The summed E-state index contributed by atoms with van der Waals surface area (Å²) in [5.41, 5.74) is 0.929. The van der Waals surface area contributed by atoms with E-state index in [2.05, 4.69) is 20.5 Å². The first-order chi connectivity index (χ1) is 13.6. The molecule has 3 aromatic heterocycles. The fourth-order valence-electron chi connectivity index (χ4n) is 2.60. The van der Waals surface area contributed by atoms with E-state index in [4.69, 9.17) is 4.42 Å². The molecule has 0 spiro atoms. The monoisotopic (exact) mass is 393 g/mol. The van der Waals surface area contributed by atoms with E-state index >= 15 is 0 Å². The summed E-state index contributed by atoms with van der Waals surface area (Å²) in [4.78, 5) is 31.1. The molecule has 9 heteroatoms. The minimum absolute atomic E-state index is 0.0273. The number of Topliss-reactive ketones (excluding diaryl/α,β-unsaturated/α-hetero) is 1. The summed E-state index contributed by atoms with van der Waals surface area (Å²) < 4.78 is 5.38. The molecule has 0 aliphatic rings. The van der Waals surface area contributed by atoms with E-state index in [9.17, 15) is 9.59 Å². The number of carbonyl (C=O) groups is 2. The molecule has 3 heterocycles. The minimum Gasteiger partial charge on any atom is -0.443 e. The lowest BCUT2D eigenvalue weighted by molar-refractivity contribution is 0.101. The average Bonchev–Trinajstić information content (AvgIpc) is 3.43. The molecule has 0 atom stereocenters. The van der Waals surface area contributed by atoms with Crippen LogP contribution in [0, 0.1) is 0 Å². The topological polar surface area (TPSA) is 103 Å². The molecule has 140 valence electrons. The van der Waals surface area contributed by atoms with Crippen molar-refractivity contribution in [3.05, 3.63) is 70.5 Å². The highest BCUT2D eigenvalue weighted by Crippen LogP contribution is 2.23. The molecular formula is C19H15N5O3S. The van der Waals surface area contributed by atoms with E-state index in [1.54, 1.807) is 6.07 Å². The predicted octanol–water partition coefficient (Wildman–Crippen LogP) is 3.50. The Bertz CT molecular complexity index is 1130. The van der Waals surface area contributed by atoms with Gasteiger partial charge >= 0.3 is 0 Å². The number of carbonyl (C=O) groups excluding carboxylic acids is 2. The Balaban J connectivity index is 1.46. The second-order valence-electron chi connectivity index (χ2n) is 5.93. The van der Waals surface area contributed by atoms with Crippen LogP contribution in [0.25, 0.3) is 11.3 Å². The molecule has 0 saturated carbocycles. The number of amides is 1. The van der Waals surface area contributed by atoms with E-state index in [1.807, 2.05) is 36.4 Å². The van der Waals surface area contributed by atoms with Crippen molar-refractivity contribution < 1.29 is 14.0 Å². The molecule has 0 aliphatic heterocycles. The van der Waals surface area contributed by atoms with E-state index in [-0.39, 0.29) is 11.5 Å². The predicted molar refractivity (Wildman–Crippen MR) is 103 cm³/mol. The van der Waals surface area contributed by atoms with E-state index < -0.39 is 5.91 Å². The standard InChI is InChI=1S/C19H15N5O3S/c1-12(25)15-8-7-14(28-15)10-24-21-9-16(23-24)22-19(26)17-18(27-11-20-17)13-5-3-2-4-6-13/h2-9,11H,10H2,1H3,(H,22,23,26). The van der Waals surface area contributed by atoms with Gasteiger partial charge in [-0.2, -0.15) is 9.90 Å². The van der Waals surface area contributed by atoms with E-state index in [0.717, 1.165) is 10.4 Å². The van der Waals surface area contributed by atoms with Crippen molar-refractivity contribution in [3.63, 3.8) is 0 Å². The molecule has 28 heavy (non-hydrogen) atoms. The quantitative estimate of drug-likeness (QED) is 0.503. The Morgan fingerprint density at radius 1 is 1.18 bits per heavy atom. The highest BCUT2D eigenvalue weighted by molar-refractivity contribution is 7.14. The van der Waals surface area contributed by atoms with E-state index in [0.29, 0.717) is 23.0 Å². The van der Waals surface area contributed by atoms with Crippen LogP contribution in [-0.4, -0.2) is 31.7 Å². The molecular weight excluding hydrogens is 378 g/mol. The Kier molecular flexibility index (Phi) is 4.81. The van der Waals surface area contributed by atoms with Crippen LogP contribution in [0.15, 0.2) is 59.5 Å². The van der Waals surface area contributed by atoms with Gasteiger partial charge in [0.05, 0.1) is 17.6 Å². The summed E-state index contributed by atoms with van der Waals surface area (Å²) in [5, 5.41) is 11.1. The normalized spacial score (nSPS) is 10.8. The van der Waals surface area contributed by atoms with Gasteiger partial charge in [0, 0.05) is 10.4 Å². The van der Waals surface area contributed by atoms with Gasteiger partial charge in [0.2, 0.25) is 0 Å². The SMILES string of the molecule is CC(=O)c1ccc(Cn2ncc(NC(=O)c3ncoc3-c3ccccc3)n2)s1.